The second-order valence-corrected chi connectivity index (χ2v) is 12.6. The minimum absolute atomic E-state index is 0.0552. The highest BCUT2D eigenvalue weighted by atomic mass is 16.5. The predicted octanol–water partition coefficient (Wildman–Crippen LogP) is 8.09. The van der Waals surface area contributed by atoms with Crippen LogP contribution in [0.2, 0.25) is 0 Å². The van der Waals surface area contributed by atoms with Gasteiger partial charge >= 0.3 is 0 Å². The SMILES string of the molecule is CC.CC(CC(C)C)=NCCN(CCN=C(C)CC(C)C)CC(C#N)CCCC(C)(C)COCC1CC1. The Balaban J connectivity index is 0.00000631. The number of hydrogen-bond acceptors (Lipinski definition) is 5. The fourth-order valence-electron chi connectivity index (χ4n) is 4.56. The van der Waals surface area contributed by atoms with Crippen LogP contribution in [-0.2, 0) is 4.74 Å². The fourth-order valence-corrected chi connectivity index (χ4v) is 4.56. The van der Waals surface area contributed by atoms with Gasteiger partial charge in [-0.2, -0.15) is 5.26 Å². The number of rotatable bonds is 20. The third-order valence-corrected chi connectivity index (χ3v) is 6.61. The van der Waals surface area contributed by atoms with Crippen LogP contribution in [0.15, 0.2) is 9.98 Å². The topological polar surface area (TPSA) is 61.0 Å². The molecule has 0 N–H and O–H groups in total. The molecule has 0 heterocycles. The normalized spacial score (nSPS) is 15.7. The highest BCUT2D eigenvalue weighted by Gasteiger charge is 2.24. The molecule has 216 valence electrons. The zero-order valence-corrected chi connectivity index (χ0v) is 26.4. The summed E-state index contributed by atoms with van der Waals surface area (Å²) >= 11 is 0. The van der Waals surface area contributed by atoms with E-state index < -0.39 is 0 Å². The van der Waals surface area contributed by atoms with Gasteiger partial charge in [-0.3, -0.25) is 14.9 Å². The quantitative estimate of drug-likeness (QED) is 0.153. The first-order chi connectivity index (χ1) is 17.5. The summed E-state index contributed by atoms with van der Waals surface area (Å²) in [5.74, 6) is 2.15. The Morgan fingerprint density at radius 2 is 1.49 bits per heavy atom. The van der Waals surface area contributed by atoms with E-state index in [9.17, 15) is 5.26 Å². The van der Waals surface area contributed by atoms with E-state index >= 15 is 0 Å². The molecular weight excluding hydrogens is 456 g/mol. The van der Waals surface area contributed by atoms with E-state index in [0.717, 1.165) is 84.0 Å². The van der Waals surface area contributed by atoms with Gasteiger partial charge in [-0.25, -0.2) is 0 Å². The van der Waals surface area contributed by atoms with Crippen molar-refractivity contribution in [1.82, 2.24) is 4.90 Å². The van der Waals surface area contributed by atoms with Gasteiger partial charge in [-0.05, 0) is 75.5 Å². The van der Waals surface area contributed by atoms with E-state index in [1.54, 1.807) is 0 Å². The van der Waals surface area contributed by atoms with Crippen LogP contribution in [0.3, 0.4) is 0 Å². The summed E-state index contributed by atoms with van der Waals surface area (Å²) in [6, 6.07) is 2.59. The minimum atomic E-state index is 0.0552. The molecule has 0 aromatic carbocycles. The molecule has 5 nitrogen and oxygen atoms in total. The maximum atomic E-state index is 9.88. The zero-order chi connectivity index (χ0) is 28.3. The van der Waals surface area contributed by atoms with Crippen LogP contribution in [0.4, 0.5) is 0 Å². The summed E-state index contributed by atoms with van der Waals surface area (Å²) < 4.78 is 5.95. The molecule has 5 heteroatoms. The molecule has 1 rings (SSSR count). The van der Waals surface area contributed by atoms with Gasteiger partial charge in [0.1, 0.15) is 0 Å². The summed E-state index contributed by atoms with van der Waals surface area (Å²) in [6.07, 6.45) is 7.91. The maximum absolute atomic E-state index is 9.88. The summed E-state index contributed by atoms with van der Waals surface area (Å²) in [4.78, 5) is 12.0. The smallest absolute Gasteiger partial charge is 0.0669 e. The number of aliphatic imine (C=N–C) groups is 2. The molecule has 0 aromatic heterocycles. The lowest BCUT2D eigenvalue weighted by Gasteiger charge is -2.26. The third kappa shape index (κ3) is 21.4. The molecule has 0 amide bonds. The molecule has 0 radical (unpaired) electrons. The average Bonchev–Trinajstić information content (AvgIpc) is 3.62. The van der Waals surface area contributed by atoms with Crippen molar-refractivity contribution in [3.63, 3.8) is 0 Å². The minimum Gasteiger partial charge on any atom is -0.381 e. The van der Waals surface area contributed by atoms with Gasteiger partial charge in [0, 0.05) is 37.7 Å². The average molecular weight is 519 g/mol. The van der Waals surface area contributed by atoms with Crippen LogP contribution >= 0.6 is 0 Å². The van der Waals surface area contributed by atoms with Gasteiger partial charge in [-0.15, -0.1) is 0 Å². The van der Waals surface area contributed by atoms with Crippen LogP contribution in [-0.4, -0.2) is 62.3 Å². The van der Waals surface area contributed by atoms with Crippen molar-refractivity contribution in [1.29, 1.82) is 5.26 Å². The van der Waals surface area contributed by atoms with Crippen molar-refractivity contribution in [2.45, 2.75) is 114 Å². The van der Waals surface area contributed by atoms with E-state index in [1.807, 2.05) is 13.8 Å². The molecule has 0 bridgehead atoms. The first-order valence-electron chi connectivity index (χ1n) is 15.2. The molecule has 1 aliphatic carbocycles. The summed E-state index contributed by atoms with van der Waals surface area (Å²) in [6.45, 7) is 27.8. The van der Waals surface area contributed by atoms with Crippen LogP contribution < -0.4 is 0 Å². The van der Waals surface area contributed by atoms with Gasteiger partial charge in [0.2, 0.25) is 0 Å². The second kappa shape index (κ2) is 20.7. The van der Waals surface area contributed by atoms with E-state index in [-0.39, 0.29) is 11.3 Å². The lowest BCUT2D eigenvalue weighted by Crippen LogP contribution is -2.34. The Bertz CT molecular complexity index is 641. The van der Waals surface area contributed by atoms with Crippen molar-refractivity contribution in [2.24, 2.45) is 39.1 Å². The largest absolute Gasteiger partial charge is 0.381 e. The molecule has 0 saturated heterocycles. The Hall–Kier alpha value is -1.25. The summed E-state index contributed by atoms with van der Waals surface area (Å²) in [7, 11) is 0. The summed E-state index contributed by atoms with van der Waals surface area (Å²) in [5.41, 5.74) is 2.64. The van der Waals surface area contributed by atoms with Crippen LogP contribution in [0.5, 0.6) is 0 Å². The molecule has 0 aliphatic heterocycles. The van der Waals surface area contributed by atoms with Gasteiger partial charge in [0.15, 0.2) is 0 Å². The summed E-state index contributed by atoms with van der Waals surface area (Å²) in [5, 5.41) is 9.88. The maximum Gasteiger partial charge on any atom is 0.0669 e. The van der Waals surface area contributed by atoms with Gasteiger partial charge in [0.25, 0.3) is 0 Å². The van der Waals surface area contributed by atoms with Crippen molar-refractivity contribution in [2.75, 3.05) is 45.9 Å². The van der Waals surface area contributed by atoms with E-state index in [2.05, 4.69) is 66.4 Å². The fraction of sp³-hybridized carbons (Fsp3) is 0.906. The highest BCUT2D eigenvalue weighted by molar-refractivity contribution is 5.82. The van der Waals surface area contributed by atoms with Crippen LogP contribution in [0.25, 0.3) is 0 Å². The van der Waals surface area contributed by atoms with Crippen molar-refractivity contribution >= 4 is 11.4 Å². The lowest BCUT2D eigenvalue weighted by atomic mass is 9.86. The molecule has 1 aliphatic rings. The molecule has 1 saturated carbocycles. The van der Waals surface area contributed by atoms with Gasteiger partial charge in [0.05, 0.1) is 31.7 Å². The Labute approximate surface area is 231 Å². The first kappa shape index (κ1) is 35.8. The molecular formula is C32H62N4O. The van der Waals surface area contributed by atoms with E-state index in [4.69, 9.17) is 14.7 Å². The van der Waals surface area contributed by atoms with Gasteiger partial charge < -0.3 is 4.74 Å². The molecule has 1 unspecified atom stereocenters. The molecule has 0 spiro atoms. The van der Waals surface area contributed by atoms with Crippen LogP contribution in [0, 0.1) is 40.4 Å². The third-order valence-electron chi connectivity index (χ3n) is 6.61. The molecule has 1 fully saturated rings. The molecule has 37 heavy (non-hydrogen) atoms. The highest BCUT2D eigenvalue weighted by Crippen LogP contribution is 2.31. The molecule has 0 aromatic rings. The van der Waals surface area contributed by atoms with E-state index in [0.29, 0.717) is 11.8 Å². The van der Waals surface area contributed by atoms with Gasteiger partial charge in [-0.1, -0.05) is 61.8 Å². The van der Waals surface area contributed by atoms with Crippen LogP contribution in [0.1, 0.15) is 114 Å². The number of nitrogens with zero attached hydrogens (tertiary/aromatic N) is 4. The predicted molar refractivity (Wildman–Crippen MR) is 163 cm³/mol. The number of ether oxygens (including phenoxy) is 1. The Morgan fingerprint density at radius 3 is 1.92 bits per heavy atom. The Kier molecular flexibility index (Phi) is 20.0. The van der Waals surface area contributed by atoms with Crippen molar-refractivity contribution in [3.8, 4) is 6.07 Å². The van der Waals surface area contributed by atoms with Crippen molar-refractivity contribution in [3.05, 3.63) is 0 Å². The Morgan fingerprint density at radius 1 is 0.973 bits per heavy atom. The number of nitriles is 1. The standard InChI is InChI=1S/C30H56N4O.C2H6/c1-24(2)18-26(5)32-14-16-34(17-15-33-27(6)19-25(3)4)21-29(20-31)10-9-13-30(7,8)23-35-22-28-11-12-28;1-2/h24-25,28-29H,9-19,21-23H2,1-8H3;1-2H3. The van der Waals surface area contributed by atoms with E-state index in [1.165, 1.54) is 24.3 Å². The zero-order valence-electron chi connectivity index (χ0n) is 26.4. The molecule has 1 atom stereocenters. The lowest BCUT2D eigenvalue weighted by molar-refractivity contribution is 0.0498. The van der Waals surface area contributed by atoms with Crippen molar-refractivity contribution < 1.29 is 4.74 Å². The first-order valence-corrected chi connectivity index (χ1v) is 15.2. The monoisotopic (exact) mass is 518 g/mol. The number of hydrogen-bond donors (Lipinski definition) is 0. The second-order valence-electron chi connectivity index (χ2n) is 12.6.